The Balaban J connectivity index is 2.31. The Morgan fingerprint density at radius 2 is 1.95 bits per heavy atom. The van der Waals surface area contributed by atoms with Crippen LogP contribution in [0.4, 0.5) is 5.69 Å². The molecule has 7 heteroatoms. The predicted octanol–water partition coefficient (Wildman–Crippen LogP) is 3.53. The third-order valence-corrected chi connectivity index (χ3v) is 3.10. The predicted molar refractivity (Wildman–Crippen MR) is 75.8 cm³/mol. The fourth-order valence-corrected chi connectivity index (χ4v) is 1.96. The number of ether oxygens (including phenoxy) is 1. The monoisotopic (exact) mass is 307 g/mol. The molecule has 2 rings (SSSR count). The van der Waals surface area contributed by atoms with Crippen molar-refractivity contribution in [3.63, 3.8) is 0 Å². The Morgan fingerprint density at radius 3 is 2.52 bits per heavy atom. The van der Waals surface area contributed by atoms with Crippen LogP contribution in [-0.2, 0) is 6.61 Å². The molecular weight excluding hydrogens is 298 g/mol. The van der Waals surface area contributed by atoms with Gasteiger partial charge in [-0.3, -0.25) is 10.1 Å². The zero-order chi connectivity index (χ0) is 15.4. The van der Waals surface area contributed by atoms with Crippen LogP contribution in [0.15, 0.2) is 42.5 Å². The van der Waals surface area contributed by atoms with Crippen molar-refractivity contribution in [3.05, 3.63) is 68.7 Å². The van der Waals surface area contributed by atoms with E-state index in [1.165, 1.54) is 6.07 Å². The van der Waals surface area contributed by atoms with Crippen molar-refractivity contribution in [2.75, 3.05) is 0 Å². The molecule has 0 heterocycles. The van der Waals surface area contributed by atoms with Gasteiger partial charge in [-0.25, -0.2) is 4.79 Å². The van der Waals surface area contributed by atoms with E-state index < -0.39 is 21.6 Å². The van der Waals surface area contributed by atoms with E-state index >= 15 is 0 Å². The minimum Gasteiger partial charge on any atom is -0.489 e. The minimum atomic E-state index is -1.35. The second-order valence-corrected chi connectivity index (χ2v) is 4.52. The minimum absolute atomic E-state index is 0.0763. The number of carboxylic acids is 1. The quantitative estimate of drug-likeness (QED) is 0.674. The van der Waals surface area contributed by atoms with Crippen LogP contribution >= 0.6 is 11.6 Å². The van der Waals surface area contributed by atoms with Crippen molar-refractivity contribution >= 4 is 23.3 Å². The lowest BCUT2D eigenvalue weighted by atomic mass is 10.2. The first kappa shape index (κ1) is 14.8. The van der Waals surface area contributed by atoms with E-state index in [1.807, 2.05) is 30.3 Å². The first-order chi connectivity index (χ1) is 9.99. The third-order valence-electron chi connectivity index (χ3n) is 2.70. The number of nitrogens with zero attached hydrogens (tertiary/aromatic N) is 1. The van der Waals surface area contributed by atoms with Crippen molar-refractivity contribution in [1.29, 1.82) is 0 Å². The zero-order valence-corrected chi connectivity index (χ0v) is 11.4. The molecule has 108 valence electrons. The molecule has 0 saturated heterocycles. The van der Waals surface area contributed by atoms with E-state index in [1.54, 1.807) is 0 Å². The van der Waals surface area contributed by atoms with E-state index in [0.717, 1.165) is 11.6 Å². The number of nitro groups is 1. The molecule has 0 aliphatic heterocycles. The second kappa shape index (κ2) is 6.23. The maximum Gasteiger partial charge on any atom is 0.337 e. The van der Waals surface area contributed by atoms with Crippen LogP contribution in [0.3, 0.4) is 0 Å². The van der Waals surface area contributed by atoms with Gasteiger partial charge in [-0.15, -0.1) is 0 Å². The van der Waals surface area contributed by atoms with Gasteiger partial charge in [-0.2, -0.15) is 0 Å². The molecule has 2 aromatic rings. The van der Waals surface area contributed by atoms with Crippen molar-refractivity contribution < 1.29 is 19.6 Å². The van der Waals surface area contributed by atoms with Gasteiger partial charge >= 0.3 is 5.97 Å². The topological polar surface area (TPSA) is 89.7 Å². The van der Waals surface area contributed by atoms with Crippen LogP contribution in [0.25, 0.3) is 0 Å². The average Bonchev–Trinajstić information content (AvgIpc) is 2.46. The van der Waals surface area contributed by atoms with Gasteiger partial charge in [0.2, 0.25) is 0 Å². The lowest BCUT2D eigenvalue weighted by Gasteiger charge is -2.08. The number of hydrogen-bond donors (Lipinski definition) is 1. The lowest BCUT2D eigenvalue weighted by Crippen LogP contribution is -2.03. The maximum absolute atomic E-state index is 11.1. The molecule has 0 fully saturated rings. The number of carbonyl (C=O) groups is 1. The molecule has 0 aliphatic carbocycles. The zero-order valence-electron chi connectivity index (χ0n) is 10.7. The molecule has 0 amide bonds. The second-order valence-electron chi connectivity index (χ2n) is 4.14. The highest BCUT2D eigenvalue weighted by molar-refractivity contribution is 6.35. The highest BCUT2D eigenvalue weighted by atomic mass is 35.5. The SMILES string of the molecule is O=C(O)c1cc(OCc2ccccc2)cc([N+](=O)[O-])c1Cl. The number of carboxylic acid groups (broad SMARTS) is 1. The summed E-state index contributed by atoms with van der Waals surface area (Å²) in [6.45, 7) is 0.165. The molecule has 0 radical (unpaired) electrons. The van der Waals surface area contributed by atoms with Gasteiger partial charge < -0.3 is 9.84 Å². The van der Waals surface area contributed by atoms with Crippen LogP contribution in [0.1, 0.15) is 15.9 Å². The summed E-state index contributed by atoms with van der Waals surface area (Å²) in [6.07, 6.45) is 0. The molecule has 0 aromatic heterocycles. The fraction of sp³-hybridized carbons (Fsp3) is 0.0714. The number of rotatable bonds is 5. The molecule has 0 atom stereocenters. The summed E-state index contributed by atoms with van der Waals surface area (Å²) in [5, 5.41) is 19.5. The number of nitro benzene ring substituents is 1. The van der Waals surface area contributed by atoms with Gasteiger partial charge in [0.15, 0.2) is 0 Å². The van der Waals surface area contributed by atoms with Gasteiger partial charge in [0.1, 0.15) is 17.4 Å². The number of benzene rings is 2. The van der Waals surface area contributed by atoms with E-state index in [4.69, 9.17) is 21.4 Å². The summed E-state index contributed by atoms with van der Waals surface area (Å²) < 4.78 is 5.40. The van der Waals surface area contributed by atoms with E-state index in [-0.39, 0.29) is 17.9 Å². The van der Waals surface area contributed by atoms with Gasteiger partial charge in [0.25, 0.3) is 5.69 Å². The first-order valence-electron chi connectivity index (χ1n) is 5.87. The smallest absolute Gasteiger partial charge is 0.337 e. The van der Waals surface area contributed by atoms with Crippen molar-refractivity contribution in [2.45, 2.75) is 6.61 Å². The summed E-state index contributed by atoms with van der Waals surface area (Å²) in [5.74, 6) is -1.28. The lowest BCUT2D eigenvalue weighted by molar-refractivity contribution is -0.384. The van der Waals surface area contributed by atoms with Crippen LogP contribution in [-0.4, -0.2) is 16.0 Å². The normalized spacial score (nSPS) is 10.1. The van der Waals surface area contributed by atoms with Gasteiger partial charge in [0.05, 0.1) is 16.6 Å². The van der Waals surface area contributed by atoms with E-state index in [0.29, 0.717) is 0 Å². The van der Waals surface area contributed by atoms with Gasteiger partial charge in [0, 0.05) is 0 Å². The van der Waals surface area contributed by atoms with Crippen LogP contribution in [0.2, 0.25) is 5.02 Å². The molecule has 1 N–H and O–H groups in total. The van der Waals surface area contributed by atoms with Gasteiger partial charge in [-0.1, -0.05) is 41.9 Å². The Bertz CT molecular complexity index is 652. The fourth-order valence-electron chi connectivity index (χ4n) is 1.70. The summed E-state index contributed by atoms with van der Waals surface area (Å²) in [7, 11) is 0. The van der Waals surface area contributed by atoms with Crippen molar-refractivity contribution in [3.8, 4) is 5.75 Å². The molecule has 0 unspecified atom stereocenters. The Morgan fingerprint density at radius 1 is 1.29 bits per heavy atom. The van der Waals surface area contributed by atoms with Crippen molar-refractivity contribution in [2.24, 2.45) is 0 Å². The molecule has 0 saturated carbocycles. The third kappa shape index (κ3) is 3.49. The van der Waals surface area contributed by atoms with Crippen LogP contribution < -0.4 is 4.74 Å². The summed E-state index contributed by atoms with van der Waals surface area (Å²) >= 11 is 5.71. The molecule has 2 aromatic carbocycles. The molecule has 21 heavy (non-hydrogen) atoms. The Hall–Kier alpha value is -2.60. The number of hydrogen-bond acceptors (Lipinski definition) is 4. The van der Waals surface area contributed by atoms with Gasteiger partial charge in [-0.05, 0) is 11.6 Å². The van der Waals surface area contributed by atoms with E-state index in [2.05, 4.69) is 0 Å². The van der Waals surface area contributed by atoms with Crippen LogP contribution in [0, 0.1) is 10.1 Å². The molecule has 0 aliphatic rings. The summed E-state index contributed by atoms with van der Waals surface area (Å²) in [4.78, 5) is 21.2. The van der Waals surface area contributed by atoms with E-state index in [9.17, 15) is 14.9 Å². The number of aromatic carboxylic acids is 1. The van der Waals surface area contributed by atoms with Crippen LogP contribution in [0.5, 0.6) is 5.75 Å². The summed E-state index contributed by atoms with van der Waals surface area (Å²) in [5.41, 5.74) is -0.0134. The number of halogens is 1. The summed E-state index contributed by atoms with van der Waals surface area (Å²) in [6, 6.07) is 11.4. The molecule has 6 nitrogen and oxygen atoms in total. The standard InChI is InChI=1S/C14H10ClNO5/c15-13-11(14(17)18)6-10(7-12(13)16(19)20)21-8-9-4-2-1-3-5-9/h1-7H,8H2,(H,17,18). The Kier molecular flexibility index (Phi) is 4.39. The van der Waals surface area contributed by atoms with Crippen molar-refractivity contribution in [1.82, 2.24) is 0 Å². The Labute approximate surface area is 124 Å². The largest absolute Gasteiger partial charge is 0.489 e. The molecule has 0 bridgehead atoms. The maximum atomic E-state index is 11.1. The molecular formula is C14H10ClNO5. The molecule has 0 spiro atoms. The average molecular weight is 308 g/mol. The highest BCUT2D eigenvalue weighted by Crippen LogP contribution is 2.33. The first-order valence-corrected chi connectivity index (χ1v) is 6.25. The highest BCUT2D eigenvalue weighted by Gasteiger charge is 2.22.